The lowest BCUT2D eigenvalue weighted by molar-refractivity contribution is 0.0693. The summed E-state index contributed by atoms with van der Waals surface area (Å²) in [5.41, 5.74) is -0.195. The Hall–Kier alpha value is -2.37. The van der Waals surface area contributed by atoms with Gasteiger partial charge in [-0.15, -0.1) is 0 Å². The van der Waals surface area contributed by atoms with Crippen LogP contribution in [0.4, 0.5) is 10.1 Å². The second-order valence-corrected chi connectivity index (χ2v) is 3.69. The Balaban J connectivity index is 2.19. The number of rotatable bonds is 4. The average Bonchev–Trinajstić information content (AvgIpc) is 2.72. The van der Waals surface area contributed by atoms with E-state index in [2.05, 4.69) is 10.3 Å². The van der Waals surface area contributed by atoms with Gasteiger partial charge in [0.1, 0.15) is 17.1 Å². The number of nitrogens with one attached hydrogen (secondary N) is 1. The second-order valence-electron chi connectivity index (χ2n) is 3.69. The van der Waals surface area contributed by atoms with Gasteiger partial charge in [0.05, 0.1) is 18.4 Å². The van der Waals surface area contributed by atoms with Gasteiger partial charge in [-0.1, -0.05) is 6.07 Å². The van der Waals surface area contributed by atoms with Crippen molar-refractivity contribution in [1.82, 2.24) is 4.98 Å². The van der Waals surface area contributed by atoms with Gasteiger partial charge in [-0.2, -0.15) is 0 Å². The highest BCUT2D eigenvalue weighted by molar-refractivity contribution is 5.94. The normalized spacial score (nSPS) is 10.3. The van der Waals surface area contributed by atoms with E-state index in [-0.39, 0.29) is 17.8 Å². The Morgan fingerprint density at radius 1 is 1.56 bits per heavy atom. The largest absolute Gasteiger partial charge is 0.478 e. The first-order chi connectivity index (χ1) is 8.58. The number of halogens is 1. The maximum atomic E-state index is 13.4. The number of hydrogen-bond acceptors (Lipinski definition) is 4. The first-order valence-corrected chi connectivity index (χ1v) is 5.25. The number of hydrogen-bond donors (Lipinski definition) is 2. The van der Waals surface area contributed by atoms with Gasteiger partial charge in [-0.05, 0) is 19.1 Å². The Labute approximate surface area is 102 Å². The van der Waals surface area contributed by atoms with E-state index >= 15 is 0 Å². The molecule has 1 aromatic carbocycles. The molecular formula is C12H11FN2O3. The summed E-state index contributed by atoms with van der Waals surface area (Å²) in [5, 5.41) is 11.7. The summed E-state index contributed by atoms with van der Waals surface area (Å²) in [4.78, 5) is 14.9. The number of carboxylic acid groups (broad SMARTS) is 1. The SMILES string of the molecule is Cc1cnc(CNc2cccc(F)c2C(=O)O)o1. The summed E-state index contributed by atoms with van der Waals surface area (Å²) >= 11 is 0. The van der Waals surface area contributed by atoms with Crippen molar-refractivity contribution in [3.63, 3.8) is 0 Å². The first kappa shape index (κ1) is 12.1. The van der Waals surface area contributed by atoms with Crippen LogP contribution in [0.2, 0.25) is 0 Å². The zero-order valence-corrected chi connectivity index (χ0v) is 9.61. The summed E-state index contributed by atoms with van der Waals surface area (Å²) in [6, 6.07) is 4.02. The predicted octanol–water partition coefficient (Wildman–Crippen LogP) is 2.43. The molecule has 0 fully saturated rings. The fraction of sp³-hybridized carbons (Fsp3) is 0.167. The van der Waals surface area contributed by atoms with Crippen LogP contribution in [0.5, 0.6) is 0 Å². The van der Waals surface area contributed by atoms with Crippen LogP contribution in [-0.4, -0.2) is 16.1 Å². The van der Waals surface area contributed by atoms with Crippen LogP contribution in [0.3, 0.4) is 0 Å². The predicted molar refractivity (Wildman–Crippen MR) is 61.9 cm³/mol. The van der Waals surface area contributed by atoms with Crippen molar-refractivity contribution in [3.05, 3.63) is 47.4 Å². The van der Waals surface area contributed by atoms with Crippen molar-refractivity contribution in [2.75, 3.05) is 5.32 Å². The molecule has 2 aromatic rings. The zero-order valence-electron chi connectivity index (χ0n) is 9.61. The van der Waals surface area contributed by atoms with Gasteiger partial charge in [-0.25, -0.2) is 14.2 Å². The second kappa shape index (κ2) is 4.87. The lowest BCUT2D eigenvalue weighted by Gasteiger charge is -2.08. The summed E-state index contributed by atoms with van der Waals surface area (Å²) in [7, 11) is 0. The van der Waals surface area contributed by atoms with E-state index in [0.29, 0.717) is 11.7 Å². The third-order valence-electron chi connectivity index (χ3n) is 2.33. The Morgan fingerprint density at radius 2 is 2.33 bits per heavy atom. The van der Waals surface area contributed by atoms with Crippen molar-refractivity contribution in [3.8, 4) is 0 Å². The lowest BCUT2D eigenvalue weighted by atomic mass is 10.1. The van der Waals surface area contributed by atoms with Gasteiger partial charge in [0.15, 0.2) is 0 Å². The van der Waals surface area contributed by atoms with Gasteiger partial charge < -0.3 is 14.8 Å². The van der Waals surface area contributed by atoms with Crippen LogP contribution in [0.25, 0.3) is 0 Å². The molecule has 2 rings (SSSR count). The van der Waals surface area contributed by atoms with Gasteiger partial charge in [-0.3, -0.25) is 0 Å². The minimum absolute atomic E-state index is 0.192. The third kappa shape index (κ3) is 2.48. The molecule has 0 atom stereocenters. The first-order valence-electron chi connectivity index (χ1n) is 5.25. The van der Waals surface area contributed by atoms with E-state index in [0.717, 1.165) is 6.07 Å². The number of aryl methyl sites for hydroxylation is 1. The molecule has 0 amide bonds. The number of carboxylic acids is 1. The molecule has 6 heteroatoms. The fourth-order valence-corrected chi connectivity index (χ4v) is 1.54. The molecule has 5 nitrogen and oxygen atoms in total. The molecule has 0 radical (unpaired) electrons. The van der Waals surface area contributed by atoms with Crippen molar-refractivity contribution >= 4 is 11.7 Å². The molecule has 0 aliphatic heterocycles. The standard InChI is InChI=1S/C12H11FN2O3/c1-7-5-15-10(18-7)6-14-9-4-2-3-8(13)11(9)12(16)17/h2-5,14H,6H2,1H3,(H,16,17). The van der Waals surface area contributed by atoms with Crippen LogP contribution in [0.15, 0.2) is 28.8 Å². The zero-order chi connectivity index (χ0) is 13.1. The molecule has 1 heterocycles. The van der Waals surface area contributed by atoms with E-state index in [1.165, 1.54) is 12.1 Å². The van der Waals surface area contributed by atoms with E-state index in [1.807, 2.05) is 0 Å². The Bertz CT molecular complexity index is 580. The van der Waals surface area contributed by atoms with E-state index in [1.54, 1.807) is 13.1 Å². The monoisotopic (exact) mass is 250 g/mol. The number of anilines is 1. The number of nitrogens with zero attached hydrogens (tertiary/aromatic N) is 1. The van der Waals surface area contributed by atoms with E-state index in [4.69, 9.17) is 9.52 Å². The van der Waals surface area contributed by atoms with Gasteiger partial charge in [0, 0.05) is 0 Å². The maximum absolute atomic E-state index is 13.4. The molecule has 0 saturated heterocycles. The molecule has 2 N–H and O–H groups in total. The quantitative estimate of drug-likeness (QED) is 0.871. The number of benzene rings is 1. The molecule has 0 aliphatic carbocycles. The van der Waals surface area contributed by atoms with Crippen LogP contribution in [0.1, 0.15) is 22.0 Å². The fourth-order valence-electron chi connectivity index (χ4n) is 1.54. The smallest absolute Gasteiger partial charge is 0.340 e. The highest BCUT2D eigenvalue weighted by atomic mass is 19.1. The molecular weight excluding hydrogens is 239 g/mol. The van der Waals surface area contributed by atoms with Crippen molar-refractivity contribution < 1.29 is 18.7 Å². The molecule has 0 aliphatic rings. The van der Waals surface area contributed by atoms with Crippen LogP contribution >= 0.6 is 0 Å². The average molecular weight is 250 g/mol. The van der Waals surface area contributed by atoms with Gasteiger partial charge >= 0.3 is 5.97 Å². The minimum Gasteiger partial charge on any atom is -0.478 e. The number of oxazole rings is 1. The van der Waals surface area contributed by atoms with E-state index in [9.17, 15) is 9.18 Å². The molecule has 0 unspecified atom stereocenters. The summed E-state index contributed by atoms with van der Waals surface area (Å²) in [5.74, 6) is -1.03. The number of aromatic nitrogens is 1. The summed E-state index contributed by atoms with van der Waals surface area (Å²) in [6.07, 6.45) is 1.56. The molecule has 94 valence electrons. The molecule has 0 bridgehead atoms. The van der Waals surface area contributed by atoms with Crippen LogP contribution < -0.4 is 5.32 Å². The Kier molecular flexibility index (Phi) is 3.27. The van der Waals surface area contributed by atoms with Crippen LogP contribution in [0, 0.1) is 12.7 Å². The lowest BCUT2D eigenvalue weighted by Crippen LogP contribution is -2.08. The highest BCUT2D eigenvalue weighted by Gasteiger charge is 2.15. The van der Waals surface area contributed by atoms with Crippen LogP contribution in [-0.2, 0) is 6.54 Å². The molecule has 1 aromatic heterocycles. The third-order valence-corrected chi connectivity index (χ3v) is 2.33. The Morgan fingerprint density at radius 3 is 2.94 bits per heavy atom. The number of aromatic carboxylic acids is 1. The minimum atomic E-state index is -1.32. The van der Waals surface area contributed by atoms with Crippen molar-refractivity contribution in [2.24, 2.45) is 0 Å². The van der Waals surface area contributed by atoms with Crippen molar-refractivity contribution in [1.29, 1.82) is 0 Å². The van der Waals surface area contributed by atoms with Crippen molar-refractivity contribution in [2.45, 2.75) is 13.5 Å². The van der Waals surface area contributed by atoms with E-state index < -0.39 is 11.8 Å². The van der Waals surface area contributed by atoms with Gasteiger partial charge in [0.2, 0.25) is 5.89 Å². The summed E-state index contributed by atoms with van der Waals surface area (Å²) < 4.78 is 18.6. The molecule has 0 saturated carbocycles. The van der Waals surface area contributed by atoms with Gasteiger partial charge in [0.25, 0.3) is 0 Å². The topological polar surface area (TPSA) is 75.4 Å². The summed E-state index contributed by atoms with van der Waals surface area (Å²) in [6.45, 7) is 1.94. The highest BCUT2D eigenvalue weighted by Crippen LogP contribution is 2.19. The number of carbonyl (C=O) groups is 1. The molecule has 0 spiro atoms. The molecule has 18 heavy (non-hydrogen) atoms. The maximum Gasteiger partial charge on any atom is 0.340 e.